The lowest BCUT2D eigenvalue weighted by molar-refractivity contribution is -0.126. The first-order valence-corrected chi connectivity index (χ1v) is 7.55. The third kappa shape index (κ3) is 3.40. The van der Waals surface area contributed by atoms with Crippen molar-refractivity contribution < 1.29 is 9.90 Å². The average molecular weight is 275 g/mol. The van der Waals surface area contributed by atoms with Crippen molar-refractivity contribution in [2.75, 3.05) is 11.9 Å². The Bertz CT molecular complexity index is 445. The lowest BCUT2D eigenvalue weighted by Crippen LogP contribution is -2.36. The first kappa shape index (κ1) is 15.0. The monoisotopic (exact) mass is 275 g/mol. The highest BCUT2D eigenvalue weighted by molar-refractivity contribution is 5.95. The van der Waals surface area contributed by atoms with E-state index in [9.17, 15) is 4.79 Å². The Balaban J connectivity index is 1.99. The predicted molar refractivity (Wildman–Crippen MR) is 81.6 cm³/mol. The third-order valence-corrected chi connectivity index (χ3v) is 4.57. The maximum absolute atomic E-state index is 12.5. The van der Waals surface area contributed by atoms with Crippen LogP contribution in [0, 0.1) is 11.3 Å². The second-order valence-electron chi connectivity index (χ2n) is 6.33. The van der Waals surface area contributed by atoms with Crippen molar-refractivity contribution in [1.29, 1.82) is 0 Å². The Labute approximate surface area is 121 Å². The van der Waals surface area contributed by atoms with Crippen molar-refractivity contribution in [1.82, 2.24) is 0 Å². The van der Waals surface area contributed by atoms with Crippen molar-refractivity contribution in [2.24, 2.45) is 11.3 Å². The summed E-state index contributed by atoms with van der Waals surface area (Å²) in [5, 5.41) is 11.9. The molecule has 0 radical (unpaired) electrons. The van der Waals surface area contributed by atoms with Gasteiger partial charge in [-0.1, -0.05) is 38.8 Å². The zero-order valence-electron chi connectivity index (χ0n) is 12.5. The van der Waals surface area contributed by atoms with Gasteiger partial charge < -0.3 is 10.4 Å². The van der Waals surface area contributed by atoms with Gasteiger partial charge in [0.25, 0.3) is 0 Å². The van der Waals surface area contributed by atoms with E-state index in [2.05, 4.69) is 19.2 Å². The van der Waals surface area contributed by atoms with E-state index in [1.165, 1.54) is 12.8 Å². The number of carbonyl (C=O) groups is 1. The molecule has 1 aliphatic rings. The van der Waals surface area contributed by atoms with Gasteiger partial charge in [0.1, 0.15) is 0 Å². The number of hydrogen-bond acceptors (Lipinski definition) is 2. The number of amides is 1. The molecule has 110 valence electrons. The van der Waals surface area contributed by atoms with Gasteiger partial charge >= 0.3 is 0 Å². The van der Waals surface area contributed by atoms with Crippen LogP contribution in [0.15, 0.2) is 24.3 Å². The molecular weight excluding hydrogens is 250 g/mol. The van der Waals surface area contributed by atoms with Crippen LogP contribution in [0.3, 0.4) is 0 Å². The van der Waals surface area contributed by atoms with Crippen LogP contribution >= 0.6 is 0 Å². The number of hydrogen-bond donors (Lipinski definition) is 2. The fourth-order valence-corrected chi connectivity index (χ4v) is 3.01. The minimum Gasteiger partial charge on any atom is -0.396 e. The van der Waals surface area contributed by atoms with E-state index in [1.54, 1.807) is 0 Å². The molecule has 1 fully saturated rings. The molecule has 3 heteroatoms. The van der Waals surface area contributed by atoms with Crippen LogP contribution in [0.25, 0.3) is 0 Å². The Kier molecular flexibility index (Phi) is 4.81. The molecule has 0 bridgehead atoms. The van der Waals surface area contributed by atoms with Crippen LogP contribution in [0.2, 0.25) is 0 Å². The molecule has 0 saturated heterocycles. The second-order valence-corrected chi connectivity index (χ2v) is 6.33. The molecule has 1 aromatic rings. The van der Waals surface area contributed by atoms with Gasteiger partial charge in [0.2, 0.25) is 5.91 Å². The highest BCUT2D eigenvalue weighted by atomic mass is 16.2. The molecule has 0 aromatic heterocycles. The van der Waals surface area contributed by atoms with E-state index in [-0.39, 0.29) is 17.9 Å². The zero-order chi connectivity index (χ0) is 14.6. The van der Waals surface area contributed by atoms with Gasteiger partial charge in [-0.3, -0.25) is 4.79 Å². The van der Waals surface area contributed by atoms with E-state index >= 15 is 0 Å². The maximum Gasteiger partial charge on any atom is 0.230 e. The van der Waals surface area contributed by atoms with Crippen LogP contribution < -0.4 is 5.32 Å². The summed E-state index contributed by atoms with van der Waals surface area (Å²) in [6, 6.07) is 7.73. The Hall–Kier alpha value is -1.35. The molecule has 3 nitrogen and oxygen atoms in total. The van der Waals surface area contributed by atoms with Gasteiger partial charge in [-0.05, 0) is 42.9 Å². The molecule has 1 aromatic carbocycles. The topological polar surface area (TPSA) is 49.3 Å². The largest absolute Gasteiger partial charge is 0.396 e. The maximum atomic E-state index is 12.5. The Morgan fingerprint density at radius 2 is 1.85 bits per heavy atom. The van der Waals surface area contributed by atoms with E-state index < -0.39 is 0 Å². The van der Waals surface area contributed by atoms with E-state index in [4.69, 9.17) is 5.11 Å². The summed E-state index contributed by atoms with van der Waals surface area (Å²) in [6.07, 6.45) is 5.47. The van der Waals surface area contributed by atoms with E-state index in [0.717, 1.165) is 24.1 Å². The number of aliphatic hydroxyl groups is 1. The molecule has 1 saturated carbocycles. The minimum absolute atomic E-state index is 0.110. The van der Waals surface area contributed by atoms with Gasteiger partial charge in [0, 0.05) is 17.7 Å². The van der Waals surface area contributed by atoms with E-state index in [0.29, 0.717) is 12.3 Å². The number of carbonyl (C=O) groups excluding carboxylic acids is 1. The van der Waals surface area contributed by atoms with Crippen LogP contribution in [-0.2, 0) is 11.2 Å². The molecule has 1 aliphatic carbocycles. The minimum atomic E-state index is -0.305. The number of rotatable bonds is 5. The molecule has 0 unspecified atom stereocenters. The smallest absolute Gasteiger partial charge is 0.230 e. The van der Waals surface area contributed by atoms with Gasteiger partial charge in [-0.2, -0.15) is 0 Å². The normalized spacial score (nSPS) is 16.4. The summed E-state index contributed by atoms with van der Waals surface area (Å²) in [4.78, 5) is 12.5. The zero-order valence-corrected chi connectivity index (χ0v) is 12.5. The second kappa shape index (κ2) is 6.40. The first-order valence-electron chi connectivity index (χ1n) is 7.55. The molecule has 2 rings (SSSR count). The number of benzene rings is 1. The summed E-state index contributed by atoms with van der Waals surface area (Å²) in [5.74, 6) is 0.607. The summed E-state index contributed by atoms with van der Waals surface area (Å²) >= 11 is 0. The average Bonchev–Trinajstić information content (AvgIpc) is 2.96. The lowest BCUT2D eigenvalue weighted by atomic mass is 9.77. The van der Waals surface area contributed by atoms with Crippen LogP contribution in [-0.4, -0.2) is 17.6 Å². The van der Waals surface area contributed by atoms with Crippen LogP contribution in [0.1, 0.15) is 45.1 Å². The van der Waals surface area contributed by atoms with Crippen molar-refractivity contribution in [2.45, 2.75) is 46.0 Å². The number of nitrogens with one attached hydrogen (secondary N) is 1. The van der Waals surface area contributed by atoms with Crippen LogP contribution in [0.4, 0.5) is 5.69 Å². The number of aliphatic hydroxyl groups excluding tert-OH is 1. The van der Waals surface area contributed by atoms with Crippen molar-refractivity contribution >= 4 is 11.6 Å². The molecular formula is C17H25NO2. The van der Waals surface area contributed by atoms with Gasteiger partial charge in [-0.25, -0.2) is 0 Å². The lowest BCUT2D eigenvalue weighted by Gasteiger charge is -2.30. The summed E-state index contributed by atoms with van der Waals surface area (Å²) < 4.78 is 0. The molecule has 0 atom stereocenters. The summed E-state index contributed by atoms with van der Waals surface area (Å²) in [6.45, 7) is 4.26. The third-order valence-electron chi connectivity index (χ3n) is 4.57. The molecule has 1 amide bonds. The fourth-order valence-electron chi connectivity index (χ4n) is 3.01. The van der Waals surface area contributed by atoms with Gasteiger partial charge in [0.15, 0.2) is 0 Å². The standard InChI is InChI=1S/C17H25NO2/c1-17(2,14-5-3-4-6-14)16(20)18-15-9-7-13(8-10-15)11-12-19/h7-10,14,19H,3-6,11-12H2,1-2H3,(H,18,20). The highest BCUT2D eigenvalue weighted by Gasteiger charge is 2.38. The van der Waals surface area contributed by atoms with Crippen molar-refractivity contribution in [3.05, 3.63) is 29.8 Å². The van der Waals surface area contributed by atoms with Gasteiger partial charge in [-0.15, -0.1) is 0 Å². The van der Waals surface area contributed by atoms with Crippen molar-refractivity contribution in [3.8, 4) is 0 Å². The predicted octanol–water partition coefficient (Wildman–Crippen LogP) is 3.38. The molecule has 0 spiro atoms. The molecule has 2 N–H and O–H groups in total. The SMILES string of the molecule is CC(C)(C(=O)Nc1ccc(CCO)cc1)C1CCCC1. The summed E-state index contributed by atoms with van der Waals surface area (Å²) in [7, 11) is 0. The number of anilines is 1. The van der Waals surface area contributed by atoms with Crippen molar-refractivity contribution in [3.63, 3.8) is 0 Å². The molecule has 20 heavy (non-hydrogen) atoms. The Morgan fingerprint density at radius 3 is 2.40 bits per heavy atom. The quantitative estimate of drug-likeness (QED) is 0.865. The fraction of sp³-hybridized carbons (Fsp3) is 0.588. The van der Waals surface area contributed by atoms with Crippen LogP contribution in [0.5, 0.6) is 0 Å². The molecule has 0 heterocycles. The Morgan fingerprint density at radius 1 is 1.25 bits per heavy atom. The van der Waals surface area contributed by atoms with E-state index in [1.807, 2.05) is 24.3 Å². The summed E-state index contributed by atoms with van der Waals surface area (Å²) in [5.41, 5.74) is 1.61. The highest BCUT2D eigenvalue weighted by Crippen LogP contribution is 2.40. The van der Waals surface area contributed by atoms with Gasteiger partial charge in [0.05, 0.1) is 0 Å². The first-order chi connectivity index (χ1) is 9.54. The molecule has 0 aliphatic heterocycles.